The van der Waals surface area contributed by atoms with Gasteiger partial charge in [0.15, 0.2) is 17.3 Å². The topological polar surface area (TPSA) is 90.7 Å². The fourth-order valence-electron chi connectivity index (χ4n) is 2.64. The van der Waals surface area contributed by atoms with Gasteiger partial charge in [0.2, 0.25) is 0 Å². The van der Waals surface area contributed by atoms with E-state index in [4.69, 9.17) is 9.47 Å². The average Bonchev–Trinajstić information content (AvgIpc) is 2.61. The van der Waals surface area contributed by atoms with E-state index in [-0.39, 0.29) is 11.5 Å². The zero-order chi connectivity index (χ0) is 17.8. The first-order valence-electron chi connectivity index (χ1n) is 7.96. The average molecular weight is 342 g/mol. The van der Waals surface area contributed by atoms with Gasteiger partial charge in [0.05, 0.1) is 4.92 Å². The number of carbonyl (C=O) groups excluding carboxylic acids is 1. The predicted molar refractivity (Wildman–Crippen MR) is 92.7 cm³/mol. The molecule has 3 rings (SSSR count). The van der Waals surface area contributed by atoms with Crippen molar-refractivity contribution in [2.24, 2.45) is 0 Å². The first-order chi connectivity index (χ1) is 12.0. The van der Waals surface area contributed by atoms with E-state index in [1.165, 1.54) is 13.0 Å². The van der Waals surface area contributed by atoms with Crippen LogP contribution in [0.1, 0.15) is 22.8 Å². The van der Waals surface area contributed by atoms with E-state index in [1.54, 1.807) is 12.1 Å². The molecular formula is C18H18N2O5. The van der Waals surface area contributed by atoms with Crippen LogP contribution < -0.4 is 14.8 Å². The van der Waals surface area contributed by atoms with E-state index in [0.717, 1.165) is 17.1 Å². The van der Waals surface area contributed by atoms with E-state index >= 15 is 0 Å². The third kappa shape index (κ3) is 3.88. The van der Waals surface area contributed by atoms with Crippen LogP contribution in [-0.2, 0) is 6.42 Å². The quantitative estimate of drug-likeness (QED) is 0.492. The lowest BCUT2D eigenvalue weighted by molar-refractivity contribution is -0.384. The van der Waals surface area contributed by atoms with Gasteiger partial charge in [-0.15, -0.1) is 0 Å². The van der Waals surface area contributed by atoms with Crippen molar-refractivity contribution >= 4 is 17.2 Å². The Labute approximate surface area is 144 Å². The van der Waals surface area contributed by atoms with Crippen LogP contribution in [0.25, 0.3) is 0 Å². The minimum atomic E-state index is -0.487. The number of nitro benzene ring substituents is 1. The number of carbonyl (C=O) groups is 1. The molecule has 0 aromatic heterocycles. The monoisotopic (exact) mass is 342 g/mol. The van der Waals surface area contributed by atoms with Crippen LogP contribution in [0.5, 0.6) is 11.5 Å². The Morgan fingerprint density at radius 1 is 1.16 bits per heavy atom. The number of hydrogen-bond donors (Lipinski definition) is 1. The molecule has 1 N–H and O–H groups in total. The van der Waals surface area contributed by atoms with Gasteiger partial charge in [-0.05, 0) is 43.2 Å². The predicted octanol–water partition coefficient (Wildman–Crippen LogP) is 3.22. The van der Waals surface area contributed by atoms with Gasteiger partial charge in [-0.3, -0.25) is 14.9 Å². The number of Topliss-reactive ketones (excluding diaryl/α,β-unsaturated/α-hetero) is 1. The fourth-order valence-corrected chi connectivity index (χ4v) is 2.64. The summed E-state index contributed by atoms with van der Waals surface area (Å²) in [4.78, 5) is 22.1. The van der Waals surface area contributed by atoms with Crippen LogP contribution in [0.2, 0.25) is 0 Å². The highest BCUT2D eigenvalue weighted by molar-refractivity contribution is 5.95. The summed E-state index contributed by atoms with van der Waals surface area (Å²) in [5.41, 5.74) is 1.66. The highest BCUT2D eigenvalue weighted by Gasteiger charge is 2.16. The van der Waals surface area contributed by atoms with Crippen molar-refractivity contribution < 1.29 is 19.2 Å². The fraction of sp³-hybridized carbons (Fsp3) is 0.278. The lowest BCUT2D eigenvalue weighted by Crippen LogP contribution is -2.15. The van der Waals surface area contributed by atoms with Gasteiger partial charge in [-0.2, -0.15) is 0 Å². The summed E-state index contributed by atoms with van der Waals surface area (Å²) in [5, 5.41) is 14.3. The van der Waals surface area contributed by atoms with Crippen LogP contribution in [-0.4, -0.2) is 30.5 Å². The second kappa shape index (κ2) is 7.21. The Kier molecular flexibility index (Phi) is 4.83. The van der Waals surface area contributed by atoms with Crippen LogP contribution in [0.4, 0.5) is 11.4 Å². The maximum absolute atomic E-state index is 11.4. The molecule has 2 aromatic rings. The van der Waals surface area contributed by atoms with Gasteiger partial charge < -0.3 is 14.8 Å². The van der Waals surface area contributed by atoms with Crippen LogP contribution in [0.15, 0.2) is 36.4 Å². The van der Waals surface area contributed by atoms with Crippen LogP contribution in [0, 0.1) is 10.1 Å². The lowest BCUT2D eigenvalue weighted by atomic mass is 10.1. The number of nitro groups is 1. The summed E-state index contributed by atoms with van der Waals surface area (Å²) in [6, 6.07) is 10.2. The molecule has 7 nitrogen and oxygen atoms in total. The maximum Gasteiger partial charge on any atom is 0.293 e. The van der Waals surface area contributed by atoms with Crippen molar-refractivity contribution in [1.82, 2.24) is 0 Å². The number of hydrogen-bond acceptors (Lipinski definition) is 6. The van der Waals surface area contributed by atoms with Crippen molar-refractivity contribution in [3.63, 3.8) is 0 Å². The number of anilines is 1. The van der Waals surface area contributed by atoms with E-state index in [1.807, 2.05) is 18.2 Å². The van der Waals surface area contributed by atoms with Crippen molar-refractivity contribution in [2.45, 2.75) is 13.3 Å². The maximum atomic E-state index is 11.4. The van der Waals surface area contributed by atoms with Crippen molar-refractivity contribution in [2.75, 3.05) is 25.1 Å². The van der Waals surface area contributed by atoms with Gasteiger partial charge in [0, 0.05) is 18.2 Å². The SMILES string of the molecule is CC(=O)c1ccc(NCCc2ccc3c(c2)OCCO3)c([N+](=O)[O-])c1. The first-order valence-corrected chi connectivity index (χ1v) is 7.96. The van der Waals surface area contributed by atoms with E-state index < -0.39 is 4.92 Å². The third-order valence-electron chi connectivity index (χ3n) is 3.94. The molecule has 0 fully saturated rings. The van der Waals surface area contributed by atoms with Crippen molar-refractivity contribution in [3.8, 4) is 11.5 Å². The number of ether oxygens (including phenoxy) is 2. The second-order valence-electron chi connectivity index (χ2n) is 5.70. The van der Waals surface area contributed by atoms with Crippen molar-refractivity contribution in [1.29, 1.82) is 0 Å². The molecule has 0 amide bonds. The molecule has 25 heavy (non-hydrogen) atoms. The molecule has 1 aliphatic heterocycles. The Morgan fingerprint density at radius 3 is 2.64 bits per heavy atom. The molecule has 1 aliphatic rings. The molecule has 0 spiro atoms. The standard InChI is InChI=1S/C18H18N2O5/c1-12(21)14-3-4-15(16(11-14)20(22)23)19-7-6-13-2-5-17-18(10-13)25-9-8-24-17/h2-5,10-11,19H,6-9H2,1H3. The number of ketones is 1. The molecule has 0 saturated heterocycles. The van der Waals surface area contributed by atoms with E-state index in [9.17, 15) is 14.9 Å². The Morgan fingerprint density at radius 2 is 1.92 bits per heavy atom. The molecule has 130 valence electrons. The molecule has 0 unspecified atom stereocenters. The smallest absolute Gasteiger partial charge is 0.293 e. The lowest BCUT2D eigenvalue weighted by Gasteiger charge is -2.19. The zero-order valence-electron chi connectivity index (χ0n) is 13.8. The largest absolute Gasteiger partial charge is 0.486 e. The zero-order valence-corrected chi connectivity index (χ0v) is 13.8. The normalized spacial score (nSPS) is 12.5. The number of benzene rings is 2. The highest BCUT2D eigenvalue weighted by atomic mass is 16.6. The Bertz CT molecular complexity index is 819. The first kappa shape index (κ1) is 16.8. The summed E-state index contributed by atoms with van der Waals surface area (Å²) in [6.07, 6.45) is 0.669. The van der Waals surface area contributed by atoms with Gasteiger partial charge in [-0.25, -0.2) is 0 Å². The third-order valence-corrected chi connectivity index (χ3v) is 3.94. The summed E-state index contributed by atoms with van der Waals surface area (Å²) in [5.74, 6) is 1.25. The van der Waals surface area contributed by atoms with Crippen molar-refractivity contribution in [3.05, 3.63) is 57.6 Å². The van der Waals surface area contributed by atoms with Gasteiger partial charge in [0.25, 0.3) is 5.69 Å². The summed E-state index contributed by atoms with van der Waals surface area (Å²) in [6.45, 7) is 2.98. The molecular weight excluding hydrogens is 324 g/mol. The number of fused-ring (bicyclic) bond motifs is 1. The molecule has 0 bridgehead atoms. The van der Waals surface area contributed by atoms with Gasteiger partial charge in [0.1, 0.15) is 18.9 Å². The summed E-state index contributed by atoms with van der Waals surface area (Å²) < 4.78 is 11.0. The molecule has 7 heteroatoms. The number of rotatable bonds is 6. The Hall–Kier alpha value is -3.09. The molecule has 0 aliphatic carbocycles. The summed E-state index contributed by atoms with van der Waals surface area (Å²) >= 11 is 0. The van der Waals surface area contributed by atoms with E-state index in [0.29, 0.717) is 37.4 Å². The van der Waals surface area contributed by atoms with Crippen LogP contribution in [0.3, 0.4) is 0 Å². The molecule has 0 saturated carbocycles. The molecule has 0 atom stereocenters. The van der Waals surface area contributed by atoms with E-state index in [2.05, 4.69) is 5.32 Å². The minimum Gasteiger partial charge on any atom is -0.486 e. The highest BCUT2D eigenvalue weighted by Crippen LogP contribution is 2.31. The van der Waals surface area contributed by atoms with Gasteiger partial charge >= 0.3 is 0 Å². The number of nitrogens with zero attached hydrogens (tertiary/aromatic N) is 1. The minimum absolute atomic E-state index is 0.102. The number of nitrogens with one attached hydrogen (secondary N) is 1. The molecule has 0 radical (unpaired) electrons. The van der Waals surface area contributed by atoms with Gasteiger partial charge in [-0.1, -0.05) is 6.07 Å². The van der Waals surface area contributed by atoms with Crippen LogP contribution >= 0.6 is 0 Å². The molecule has 2 aromatic carbocycles. The molecule has 1 heterocycles. The Balaban J connectivity index is 1.67. The second-order valence-corrected chi connectivity index (χ2v) is 5.70. The summed E-state index contributed by atoms with van der Waals surface area (Å²) in [7, 11) is 0.